The van der Waals surface area contributed by atoms with Crippen LogP contribution < -0.4 is 4.80 Å². The number of hydrogen-bond acceptors (Lipinski definition) is 4. The molecule has 1 aromatic heterocycles. The highest BCUT2D eigenvalue weighted by molar-refractivity contribution is 7.16. The van der Waals surface area contributed by atoms with Gasteiger partial charge in [-0.1, -0.05) is 40.6 Å². The molecule has 0 saturated carbocycles. The average Bonchev–Trinajstić information content (AvgIpc) is 2.96. The van der Waals surface area contributed by atoms with Crippen molar-refractivity contribution in [1.82, 2.24) is 4.57 Å². The van der Waals surface area contributed by atoms with Crippen LogP contribution in [0.15, 0.2) is 35.3 Å². The van der Waals surface area contributed by atoms with Crippen LogP contribution in [0.4, 0.5) is 8.78 Å². The summed E-state index contributed by atoms with van der Waals surface area (Å²) >= 11 is 13.3. The van der Waals surface area contributed by atoms with Gasteiger partial charge in [-0.2, -0.15) is 4.99 Å². The van der Waals surface area contributed by atoms with E-state index in [4.69, 9.17) is 27.9 Å². The van der Waals surface area contributed by atoms with Crippen LogP contribution in [-0.2, 0) is 16.1 Å². The van der Waals surface area contributed by atoms with Gasteiger partial charge in [0.05, 0.1) is 26.9 Å². The SMILES string of the molecule is CCOC(=O)Cn1c(=NC(=O)c2c(F)cccc2F)sc2ccc(Cl)c(Cl)c21. The van der Waals surface area contributed by atoms with E-state index in [1.807, 2.05) is 0 Å². The fourth-order valence-electron chi connectivity index (χ4n) is 2.52. The summed E-state index contributed by atoms with van der Waals surface area (Å²) in [6.07, 6.45) is 0. The minimum atomic E-state index is -1.12. The highest BCUT2D eigenvalue weighted by atomic mass is 35.5. The number of fused-ring (bicyclic) bond motifs is 1. The predicted molar refractivity (Wildman–Crippen MR) is 103 cm³/mol. The maximum absolute atomic E-state index is 13.9. The van der Waals surface area contributed by atoms with Crippen LogP contribution in [0, 0.1) is 11.6 Å². The van der Waals surface area contributed by atoms with Gasteiger partial charge in [-0.25, -0.2) is 8.78 Å². The molecule has 0 fully saturated rings. The van der Waals surface area contributed by atoms with Crippen LogP contribution in [0.1, 0.15) is 17.3 Å². The summed E-state index contributed by atoms with van der Waals surface area (Å²) in [6, 6.07) is 6.26. The van der Waals surface area contributed by atoms with E-state index in [0.29, 0.717) is 10.2 Å². The summed E-state index contributed by atoms with van der Waals surface area (Å²) in [5, 5.41) is 0.397. The molecule has 0 aliphatic heterocycles. The molecule has 2 aromatic carbocycles. The smallest absolute Gasteiger partial charge is 0.326 e. The number of nitrogens with zero attached hydrogens (tertiary/aromatic N) is 2. The molecule has 5 nitrogen and oxygen atoms in total. The number of halogens is 4. The van der Waals surface area contributed by atoms with E-state index in [2.05, 4.69) is 4.99 Å². The zero-order chi connectivity index (χ0) is 20.4. The molecule has 0 aliphatic carbocycles. The van der Waals surface area contributed by atoms with Gasteiger partial charge in [0, 0.05) is 0 Å². The number of ether oxygens (including phenoxy) is 1. The second-order valence-electron chi connectivity index (χ2n) is 5.50. The molecule has 146 valence electrons. The van der Waals surface area contributed by atoms with Crippen molar-refractivity contribution in [2.75, 3.05) is 6.61 Å². The van der Waals surface area contributed by atoms with Crippen LogP contribution in [-0.4, -0.2) is 23.1 Å². The standard InChI is InChI=1S/C18H12Cl2F2N2O3S/c1-2-27-13(25)8-24-16-12(7-6-9(19)15(16)20)28-18(24)23-17(26)14-10(21)4-3-5-11(14)22/h3-7H,2,8H2,1H3. The van der Waals surface area contributed by atoms with Gasteiger partial charge in [0.25, 0.3) is 5.91 Å². The largest absolute Gasteiger partial charge is 0.465 e. The third-order valence-electron chi connectivity index (χ3n) is 3.70. The Labute approximate surface area is 171 Å². The number of esters is 1. The van der Waals surface area contributed by atoms with E-state index in [-0.39, 0.29) is 28.0 Å². The van der Waals surface area contributed by atoms with E-state index in [1.54, 1.807) is 19.1 Å². The first kappa shape index (κ1) is 20.4. The number of carbonyl (C=O) groups is 2. The molecule has 1 heterocycles. The van der Waals surface area contributed by atoms with Gasteiger partial charge < -0.3 is 9.30 Å². The highest BCUT2D eigenvalue weighted by Gasteiger charge is 2.19. The normalized spacial score (nSPS) is 11.8. The molecule has 1 amide bonds. The number of benzene rings is 2. The van der Waals surface area contributed by atoms with Crippen LogP contribution in [0.25, 0.3) is 10.2 Å². The quantitative estimate of drug-likeness (QED) is 0.552. The second-order valence-corrected chi connectivity index (χ2v) is 7.29. The number of aromatic nitrogens is 1. The van der Waals surface area contributed by atoms with Gasteiger partial charge in [0.15, 0.2) is 4.80 Å². The molecule has 0 unspecified atom stereocenters. The Kier molecular flexibility index (Phi) is 6.12. The van der Waals surface area contributed by atoms with Crippen LogP contribution in [0.5, 0.6) is 0 Å². The number of amides is 1. The predicted octanol–water partition coefficient (Wildman–Crippen LogP) is 4.59. The topological polar surface area (TPSA) is 60.7 Å². The monoisotopic (exact) mass is 444 g/mol. The lowest BCUT2D eigenvalue weighted by Crippen LogP contribution is -2.23. The molecule has 3 aromatic rings. The number of carbonyl (C=O) groups excluding carboxylic acids is 2. The number of thiazole rings is 1. The van der Waals surface area contributed by atoms with Gasteiger partial charge in [-0.05, 0) is 31.2 Å². The fraction of sp³-hybridized carbons (Fsp3) is 0.167. The Hall–Kier alpha value is -2.29. The molecule has 28 heavy (non-hydrogen) atoms. The molecule has 10 heteroatoms. The van der Waals surface area contributed by atoms with Crippen molar-refractivity contribution in [1.29, 1.82) is 0 Å². The molecular weight excluding hydrogens is 433 g/mol. The summed E-state index contributed by atoms with van der Waals surface area (Å²) in [5.41, 5.74) is -0.417. The maximum atomic E-state index is 13.9. The number of hydrogen-bond donors (Lipinski definition) is 0. The Bertz CT molecular complexity index is 1140. The van der Waals surface area contributed by atoms with E-state index < -0.39 is 29.1 Å². The van der Waals surface area contributed by atoms with Gasteiger partial charge in [0.2, 0.25) is 0 Å². The zero-order valence-corrected chi connectivity index (χ0v) is 16.7. The Balaban J connectivity index is 2.22. The molecule has 3 rings (SSSR count). The van der Waals surface area contributed by atoms with Crippen molar-refractivity contribution >= 4 is 56.6 Å². The third kappa shape index (κ3) is 3.94. The van der Waals surface area contributed by atoms with Crippen molar-refractivity contribution < 1.29 is 23.1 Å². The highest BCUT2D eigenvalue weighted by Crippen LogP contribution is 2.32. The lowest BCUT2D eigenvalue weighted by Gasteiger charge is -2.07. The van der Waals surface area contributed by atoms with Crippen LogP contribution in [0.3, 0.4) is 0 Å². The van der Waals surface area contributed by atoms with Crippen LogP contribution in [0.2, 0.25) is 10.0 Å². The zero-order valence-electron chi connectivity index (χ0n) is 14.3. The average molecular weight is 445 g/mol. The van der Waals surface area contributed by atoms with Crippen molar-refractivity contribution in [3.05, 3.63) is 62.4 Å². The first-order valence-electron chi connectivity index (χ1n) is 7.99. The molecule has 0 bridgehead atoms. The first-order valence-corrected chi connectivity index (χ1v) is 9.56. The Morgan fingerprint density at radius 3 is 2.50 bits per heavy atom. The van der Waals surface area contributed by atoms with E-state index >= 15 is 0 Å². The molecule has 0 radical (unpaired) electrons. The lowest BCUT2D eigenvalue weighted by atomic mass is 10.2. The van der Waals surface area contributed by atoms with Crippen molar-refractivity contribution in [3.8, 4) is 0 Å². The van der Waals surface area contributed by atoms with E-state index in [1.165, 1.54) is 4.57 Å². The van der Waals surface area contributed by atoms with Gasteiger partial charge in [0.1, 0.15) is 23.7 Å². The summed E-state index contributed by atoms with van der Waals surface area (Å²) in [6.45, 7) is 1.50. The summed E-state index contributed by atoms with van der Waals surface area (Å²) in [5.74, 6) is -3.79. The molecule has 0 N–H and O–H groups in total. The summed E-state index contributed by atoms with van der Waals surface area (Å²) in [4.78, 5) is 28.3. The molecule has 0 spiro atoms. The summed E-state index contributed by atoms with van der Waals surface area (Å²) < 4.78 is 34.7. The van der Waals surface area contributed by atoms with Gasteiger partial charge in [-0.15, -0.1) is 0 Å². The third-order valence-corrected chi connectivity index (χ3v) is 5.54. The van der Waals surface area contributed by atoms with Gasteiger partial charge >= 0.3 is 5.97 Å². The Morgan fingerprint density at radius 1 is 1.18 bits per heavy atom. The maximum Gasteiger partial charge on any atom is 0.326 e. The lowest BCUT2D eigenvalue weighted by molar-refractivity contribution is -0.143. The van der Waals surface area contributed by atoms with Crippen molar-refractivity contribution in [3.63, 3.8) is 0 Å². The van der Waals surface area contributed by atoms with Crippen molar-refractivity contribution in [2.24, 2.45) is 4.99 Å². The molecular formula is C18H12Cl2F2N2O3S. The van der Waals surface area contributed by atoms with Crippen molar-refractivity contribution in [2.45, 2.75) is 13.5 Å². The number of rotatable bonds is 4. The van der Waals surface area contributed by atoms with E-state index in [0.717, 1.165) is 29.5 Å². The Morgan fingerprint density at radius 2 is 1.86 bits per heavy atom. The second kappa shape index (κ2) is 8.38. The van der Waals surface area contributed by atoms with Gasteiger partial charge in [-0.3, -0.25) is 9.59 Å². The summed E-state index contributed by atoms with van der Waals surface area (Å²) in [7, 11) is 0. The van der Waals surface area contributed by atoms with Crippen LogP contribution >= 0.6 is 34.5 Å². The minimum Gasteiger partial charge on any atom is -0.465 e. The molecule has 0 saturated heterocycles. The fourth-order valence-corrected chi connectivity index (χ4v) is 4.03. The first-order chi connectivity index (χ1) is 13.3. The molecule has 0 aliphatic rings. The minimum absolute atomic E-state index is 0.0277. The van der Waals surface area contributed by atoms with E-state index in [9.17, 15) is 18.4 Å². The molecule has 0 atom stereocenters.